The summed E-state index contributed by atoms with van der Waals surface area (Å²) in [6.07, 6.45) is 1.06. The number of likely N-dealkylation sites (N-methyl/N-ethyl adjacent to an activating group) is 1. The van der Waals surface area contributed by atoms with E-state index in [-0.39, 0.29) is 37.4 Å². The average Bonchev–Trinajstić information content (AvgIpc) is 2.76. The number of piperazine rings is 1. The number of carbonyl (C=O) groups is 3. The van der Waals surface area contributed by atoms with Crippen molar-refractivity contribution in [2.75, 3.05) is 38.1 Å². The second-order valence-electron chi connectivity index (χ2n) is 8.30. The molecule has 2 aliphatic heterocycles. The van der Waals surface area contributed by atoms with Crippen molar-refractivity contribution in [3.05, 3.63) is 53.0 Å². The Kier molecular flexibility index (Phi) is 6.45. The number of aryl methyl sites for hydroxylation is 1. The Bertz CT molecular complexity index is 1030. The molecule has 1 aromatic heterocycles. The molecule has 2 aliphatic rings. The first-order chi connectivity index (χ1) is 15.4. The molecule has 0 radical (unpaired) electrons. The van der Waals surface area contributed by atoms with Gasteiger partial charge in [-0.2, -0.15) is 0 Å². The number of nitrogens with one attached hydrogen (secondary N) is 1. The molecular formula is C23H28N6O3. The lowest BCUT2D eigenvalue weighted by molar-refractivity contribution is -0.133. The summed E-state index contributed by atoms with van der Waals surface area (Å²) in [4.78, 5) is 51.4. The average molecular weight is 437 g/mol. The molecule has 1 fully saturated rings. The largest absolute Gasteiger partial charge is 0.354 e. The predicted molar refractivity (Wildman–Crippen MR) is 119 cm³/mol. The third-order valence-electron chi connectivity index (χ3n) is 5.85. The molecule has 2 aromatic rings. The fourth-order valence-corrected chi connectivity index (χ4v) is 4.08. The first-order valence-corrected chi connectivity index (χ1v) is 10.8. The number of fused-ring (bicyclic) bond motifs is 1. The molecule has 0 unspecified atom stereocenters. The van der Waals surface area contributed by atoms with Crippen molar-refractivity contribution < 1.29 is 14.4 Å². The van der Waals surface area contributed by atoms with Gasteiger partial charge in [-0.15, -0.1) is 0 Å². The summed E-state index contributed by atoms with van der Waals surface area (Å²) in [5.74, 6) is 1.01. The topological polar surface area (TPSA) is 98.7 Å². The first-order valence-electron chi connectivity index (χ1n) is 10.8. The molecule has 4 rings (SSSR count). The molecule has 3 heterocycles. The maximum atomic E-state index is 12.7. The normalized spacial score (nSPS) is 16.5. The van der Waals surface area contributed by atoms with Crippen LogP contribution in [0.1, 0.15) is 29.1 Å². The van der Waals surface area contributed by atoms with Crippen LogP contribution in [-0.4, -0.2) is 70.7 Å². The van der Waals surface area contributed by atoms with E-state index in [4.69, 9.17) is 4.98 Å². The maximum Gasteiger partial charge on any atom is 0.236 e. The Morgan fingerprint density at radius 1 is 1.16 bits per heavy atom. The molecule has 1 saturated heterocycles. The van der Waals surface area contributed by atoms with Gasteiger partial charge < -0.3 is 10.2 Å². The molecule has 1 aromatic carbocycles. The molecule has 0 spiro atoms. The molecule has 0 bridgehead atoms. The zero-order valence-corrected chi connectivity index (χ0v) is 18.5. The van der Waals surface area contributed by atoms with Crippen LogP contribution in [0.2, 0.25) is 0 Å². The Hall–Kier alpha value is -3.33. The van der Waals surface area contributed by atoms with Crippen LogP contribution >= 0.6 is 0 Å². The van der Waals surface area contributed by atoms with Crippen LogP contribution in [0.25, 0.3) is 0 Å². The Morgan fingerprint density at radius 3 is 2.69 bits per heavy atom. The smallest absolute Gasteiger partial charge is 0.236 e. The molecule has 3 amide bonds. The van der Waals surface area contributed by atoms with Crippen LogP contribution in [0.4, 0.5) is 5.82 Å². The van der Waals surface area contributed by atoms with Gasteiger partial charge in [0.2, 0.25) is 17.7 Å². The van der Waals surface area contributed by atoms with E-state index < -0.39 is 0 Å². The number of amides is 3. The van der Waals surface area contributed by atoms with Gasteiger partial charge in [0.1, 0.15) is 11.6 Å². The monoisotopic (exact) mass is 436 g/mol. The number of anilines is 1. The van der Waals surface area contributed by atoms with Gasteiger partial charge in [0.05, 0.1) is 26.2 Å². The lowest BCUT2D eigenvalue weighted by Crippen LogP contribution is -2.50. The van der Waals surface area contributed by atoms with E-state index in [1.807, 2.05) is 42.2 Å². The highest BCUT2D eigenvalue weighted by molar-refractivity contribution is 5.95. The van der Waals surface area contributed by atoms with Crippen LogP contribution in [-0.2, 0) is 33.9 Å². The maximum absolute atomic E-state index is 12.7. The molecule has 9 heteroatoms. The second-order valence-corrected chi connectivity index (χ2v) is 8.30. The molecule has 168 valence electrons. The van der Waals surface area contributed by atoms with E-state index in [2.05, 4.69) is 10.3 Å². The third-order valence-corrected chi connectivity index (χ3v) is 5.85. The van der Waals surface area contributed by atoms with Crippen molar-refractivity contribution in [2.24, 2.45) is 0 Å². The fourth-order valence-electron chi connectivity index (χ4n) is 4.08. The minimum absolute atomic E-state index is 0.0400. The van der Waals surface area contributed by atoms with Crippen molar-refractivity contribution in [1.82, 2.24) is 25.1 Å². The number of benzene rings is 1. The van der Waals surface area contributed by atoms with Crippen molar-refractivity contribution in [1.29, 1.82) is 0 Å². The van der Waals surface area contributed by atoms with Gasteiger partial charge in [0, 0.05) is 37.8 Å². The highest BCUT2D eigenvalue weighted by Gasteiger charge is 2.29. The number of hydrogen-bond donors (Lipinski definition) is 1. The summed E-state index contributed by atoms with van der Waals surface area (Å²) < 4.78 is 0. The van der Waals surface area contributed by atoms with Gasteiger partial charge in [-0.1, -0.05) is 30.3 Å². The molecule has 0 atom stereocenters. The summed E-state index contributed by atoms with van der Waals surface area (Å²) in [5, 5.41) is 2.76. The second kappa shape index (κ2) is 9.44. The Balaban J connectivity index is 1.50. The molecule has 1 N–H and O–H groups in total. The number of rotatable bonds is 6. The zero-order chi connectivity index (χ0) is 22.7. The van der Waals surface area contributed by atoms with Gasteiger partial charge in [-0.25, -0.2) is 9.97 Å². The summed E-state index contributed by atoms with van der Waals surface area (Å²) >= 11 is 0. The van der Waals surface area contributed by atoms with E-state index in [1.54, 1.807) is 16.8 Å². The van der Waals surface area contributed by atoms with Crippen molar-refractivity contribution in [3.63, 3.8) is 0 Å². The third kappa shape index (κ3) is 4.94. The number of nitrogens with zero attached hydrogens (tertiary/aromatic N) is 5. The Labute approximate surface area is 187 Å². The zero-order valence-electron chi connectivity index (χ0n) is 18.5. The summed E-state index contributed by atoms with van der Waals surface area (Å²) in [5.41, 5.74) is 2.85. The molecule has 32 heavy (non-hydrogen) atoms. The van der Waals surface area contributed by atoms with E-state index in [0.717, 1.165) is 16.8 Å². The first kappa shape index (κ1) is 21.9. The van der Waals surface area contributed by atoms with Gasteiger partial charge in [0.15, 0.2) is 0 Å². The number of carbonyl (C=O) groups excluding carboxylic acids is 3. The van der Waals surface area contributed by atoms with Gasteiger partial charge in [-0.05, 0) is 18.9 Å². The minimum atomic E-state index is -0.101. The fraction of sp³-hybridized carbons (Fsp3) is 0.435. The van der Waals surface area contributed by atoms with Crippen molar-refractivity contribution in [2.45, 2.75) is 32.9 Å². The van der Waals surface area contributed by atoms with Crippen molar-refractivity contribution >= 4 is 23.5 Å². The Morgan fingerprint density at radius 2 is 1.94 bits per heavy atom. The predicted octanol–water partition coefficient (Wildman–Crippen LogP) is 0.655. The van der Waals surface area contributed by atoms with E-state index in [9.17, 15) is 14.4 Å². The van der Waals surface area contributed by atoms with Gasteiger partial charge >= 0.3 is 0 Å². The lowest BCUT2D eigenvalue weighted by Gasteiger charge is -2.30. The van der Waals surface area contributed by atoms with Gasteiger partial charge in [0.25, 0.3) is 0 Å². The molecule has 0 saturated carbocycles. The van der Waals surface area contributed by atoms with Crippen LogP contribution in [0, 0.1) is 6.92 Å². The molecular weight excluding hydrogens is 408 g/mol. The standard InChI is InChI=1S/C23H28N6O3/c1-16-18-8-9-21(31)29(12-17-6-4-3-5-7-17)23(18)26-19(25-16)13-27(2)22(32)15-28-11-10-24-20(30)14-28/h3-7H,8-15H2,1-2H3,(H,24,30). The summed E-state index contributed by atoms with van der Waals surface area (Å²) in [6, 6.07) is 9.83. The van der Waals surface area contributed by atoms with E-state index in [0.29, 0.717) is 44.1 Å². The van der Waals surface area contributed by atoms with E-state index in [1.165, 1.54) is 0 Å². The summed E-state index contributed by atoms with van der Waals surface area (Å²) in [6.45, 7) is 4.21. The molecule has 0 aliphatic carbocycles. The van der Waals surface area contributed by atoms with Crippen LogP contribution in [0.15, 0.2) is 30.3 Å². The summed E-state index contributed by atoms with van der Waals surface area (Å²) in [7, 11) is 1.71. The van der Waals surface area contributed by atoms with Gasteiger partial charge in [-0.3, -0.25) is 24.2 Å². The molecule has 9 nitrogen and oxygen atoms in total. The van der Waals surface area contributed by atoms with E-state index >= 15 is 0 Å². The quantitative estimate of drug-likeness (QED) is 0.714. The van der Waals surface area contributed by atoms with Crippen LogP contribution in [0.3, 0.4) is 0 Å². The minimum Gasteiger partial charge on any atom is -0.354 e. The van der Waals surface area contributed by atoms with Crippen molar-refractivity contribution in [3.8, 4) is 0 Å². The van der Waals surface area contributed by atoms with Crippen LogP contribution in [0.5, 0.6) is 0 Å². The number of hydrogen-bond acceptors (Lipinski definition) is 6. The highest BCUT2D eigenvalue weighted by Crippen LogP contribution is 2.29. The SMILES string of the molecule is Cc1nc(CN(C)C(=O)CN2CCNC(=O)C2)nc2c1CCC(=O)N2Cc1ccccc1. The van der Waals surface area contributed by atoms with Crippen LogP contribution < -0.4 is 10.2 Å². The lowest BCUT2D eigenvalue weighted by atomic mass is 10.0. The highest BCUT2D eigenvalue weighted by atomic mass is 16.2. The number of aromatic nitrogens is 2.